The minimum atomic E-state index is -4.24. The van der Waals surface area contributed by atoms with Crippen molar-refractivity contribution in [1.82, 2.24) is 5.32 Å². The highest BCUT2D eigenvalue weighted by atomic mass is 19.4. The number of alkyl halides is 3. The molecule has 4 nitrogen and oxygen atoms in total. The van der Waals surface area contributed by atoms with Crippen molar-refractivity contribution in [2.24, 2.45) is 0 Å². The lowest BCUT2D eigenvalue weighted by molar-refractivity contribution is -0.173. The van der Waals surface area contributed by atoms with Crippen LogP contribution in [0.3, 0.4) is 0 Å². The minimum absolute atomic E-state index is 0.0415. The van der Waals surface area contributed by atoms with Gasteiger partial charge < -0.3 is 19.5 Å². The van der Waals surface area contributed by atoms with Gasteiger partial charge in [-0.3, -0.25) is 0 Å². The monoisotopic (exact) mass is 257 g/mol. The van der Waals surface area contributed by atoms with Gasteiger partial charge in [-0.05, 0) is 13.0 Å². The molecular weight excluding hydrogens is 239 g/mol. The Kier molecular flexibility index (Phi) is 6.79. The van der Waals surface area contributed by atoms with E-state index >= 15 is 0 Å². The molecule has 1 rings (SSSR count). The number of halogens is 3. The summed E-state index contributed by atoms with van der Waals surface area (Å²) >= 11 is 0. The van der Waals surface area contributed by atoms with Crippen molar-refractivity contribution in [1.29, 1.82) is 0 Å². The van der Waals surface area contributed by atoms with Crippen LogP contribution in [0, 0.1) is 0 Å². The number of nitrogens with one attached hydrogen (secondary N) is 1. The fraction of sp³-hybridized carbons (Fsp3) is 1.00. The SMILES string of the molecule is FC(F)(F)COCCCNCC1COCCO1. The summed E-state index contributed by atoms with van der Waals surface area (Å²) < 4.78 is 50.2. The lowest BCUT2D eigenvalue weighted by Gasteiger charge is -2.23. The fourth-order valence-electron chi connectivity index (χ4n) is 1.40. The second-order valence-electron chi connectivity index (χ2n) is 3.79. The number of rotatable bonds is 7. The summed E-state index contributed by atoms with van der Waals surface area (Å²) in [4.78, 5) is 0. The second kappa shape index (κ2) is 7.86. The molecule has 0 radical (unpaired) electrons. The molecule has 7 heteroatoms. The molecule has 1 heterocycles. The van der Waals surface area contributed by atoms with Crippen LogP contribution in [0.25, 0.3) is 0 Å². The third-order valence-electron chi connectivity index (χ3n) is 2.16. The molecule has 1 N–H and O–H groups in total. The van der Waals surface area contributed by atoms with Crippen LogP contribution in [0.15, 0.2) is 0 Å². The van der Waals surface area contributed by atoms with E-state index in [-0.39, 0.29) is 12.7 Å². The van der Waals surface area contributed by atoms with Crippen LogP contribution >= 0.6 is 0 Å². The Hall–Kier alpha value is -0.370. The quantitative estimate of drug-likeness (QED) is 0.690. The zero-order chi connectivity index (χ0) is 12.6. The lowest BCUT2D eigenvalue weighted by atomic mass is 10.3. The summed E-state index contributed by atoms with van der Waals surface area (Å²) in [5.74, 6) is 0. The van der Waals surface area contributed by atoms with E-state index in [1.807, 2.05) is 0 Å². The van der Waals surface area contributed by atoms with Gasteiger partial charge in [0.2, 0.25) is 0 Å². The fourth-order valence-corrected chi connectivity index (χ4v) is 1.40. The van der Waals surface area contributed by atoms with E-state index in [0.717, 1.165) is 0 Å². The number of ether oxygens (including phenoxy) is 3. The zero-order valence-corrected chi connectivity index (χ0v) is 9.59. The van der Waals surface area contributed by atoms with Crippen molar-refractivity contribution >= 4 is 0 Å². The molecule has 17 heavy (non-hydrogen) atoms. The molecule has 0 amide bonds. The van der Waals surface area contributed by atoms with Gasteiger partial charge in [0.1, 0.15) is 6.61 Å². The van der Waals surface area contributed by atoms with E-state index in [2.05, 4.69) is 10.1 Å². The van der Waals surface area contributed by atoms with Crippen molar-refractivity contribution < 1.29 is 27.4 Å². The Balaban J connectivity index is 1.84. The lowest BCUT2D eigenvalue weighted by Crippen LogP contribution is -2.37. The van der Waals surface area contributed by atoms with Crippen LogP contribution in [-0.4, -0.2) is 58.4 Å². The molecule has 0 aromatic rings. The topological polar surface area (TPSA) is 39.7 Å². The molecule has 0 spiro atoms. The maximum absolute atomic E-state index is 11.7. The number of hydrogen-bond donors (Lipinski definition) is 1. The van der Waals surface area contributed by atoms with Crippen molar-refractivity contribution in [2.45, 2.75) is 18.7 Å². The Morgan fingerprint density at radius 2 is 2.12 bits per heavy atom. The molecular formula is C10H18F3NO3. The highest BCUT2D eigenvalue weighted by molar-refractivity contribution is 4.63. The summed E-state index contributed by atoms with van der Waals surface area (Å²) in [6, 6.07) is 0. The molecule has 1 saturated heterocycles. The minimum Gasteiger partial charge on any atom is -0.376 e. The van der Waals surface area contributed by atoms with E-state index < -0.39 is 12.8 Å². The van der Waals surface area contributed by atoms with Crippen LogP contribution in [0.2, 0.25) is 0 Å². The normalized spacial score (nSPS) is 21.7. The summed E-state index contributed by atoms with van der Waals surface area (Å²) in [7, 11) is 0. The first kappa shape index (κ1) is 14.7. The van der Waals surface area contributed by atoms with Gasteiger partial charge in [0.05, 0.1) is 25.9 Å². The van der Waals surface area contributed by atoms with E-state index in [1.165, 1.54) is 0 Å². The average molecular weight is 257 g/mol. The maximum Gasteiger partial charge on any atom is 0.411 e. The third-order valence-corrected chi connectivity index (χ3v) is 2.16. The second-order valence-corrected chi connectivity index (χ2v) is 3.79. The zero-order valence-electron chi connectivity index (χ0n) is 9.59. The van der Waals surface area contributed by atoms with Crippen LogP contribution in [0.5, 0.6) is 0 Å². The molecule has 1 fully saturated rings. The highest BCUT2D eigenvalue weighted by Crippen LogP contribution is 2.14. The molecule has 0 saturated carbocycles. The summed E-state index contributed by atoms with van der Waals surface area (Å²) in [6.07, 6.45) is -3.65. The molecule has 1 unspecified atom stereocenters. The van der Waals surface area contributed by atoms with Gasteiger partial charge in [-0.1, -0.05) is 0 Å². The van der Waals surface area contributed by atoms with Crippen molar-refractivity contribution in [3.63, 3.8) is 0 Å². The highest BCUT2D eigenvalue weighted by Gasteiger charge is 2.27. The van der Waals surface area contributed by atoms with Crippen molar-refractivity contribution in [3.05, 3.63) is 0 Å². The predicted octanol–water partition coefficient (Wildman–Crippen LogP) is 0.960. The Morgan fingerprint density at radius 3 is 2.76 bits per heavy atom. The first-order valence-corrected chi connectivity index (χ1v) is 5.62. The van der Waals surface area contributed by atoms with E-state index in [1.54, 1.807) is 0 Å². The number of hydrogen-bond acceptors (Lipinski definition) is 4. The van der Waals surface area contributed by atoms with Crippen molar-refractivity contribution in [2.75, 3.05) is 46.1 Å². The smallest absolute Gasteiger partial charge is 0.376 e. The summed E-state index contributed by atoms with van der Waals surface area (Å²) in [5, 5.41) is 3.09. The molecule has 1 aliphatic heterocycles. The van der Waals surface area contributed by atoms with Gasteiger partial charge in [0.15, 0.2) is 0 Å². The first-order chi connectivity index (χ1) is 8.08. The maximum atomic E-state index is 11.7. The Morgan fingerprint density at radius 1 is 1.29 bits per heavy atom. The molecule has 1 aliphatic rings. The van der Waals surface area contributed by atoms with Gasteiger partial charge >= 0.3 is 6.18 Å². The van der Waals surface area contributed by atoms with Gasteiger partial charge in [0.25, 0.3) is 0 Å². The van der Waals surface area contributed by atoms with Gasteiger partial charge in [-0.2, -0.15) is 13.2 Å². The first-order valence-electron chi connectivity index (χ1n) is 5.62. The largest absolute Gasteiger partial charge is 0.411 e. The molecule has 0 aromatic heterocycles. The van der Waals surface area contributed by atoms with E-state index in [4.69, 9.17) is 9.47 Å². The summed E-state index contributed by atoms with van der Waals surface area (Å²) in [6.45, 7) is 1.98. The van der Waals surface area contributed by atoms with Gasteiger partial charge in [-0.15, -0.1) is 0 Å². The molecule has 0 aliphatic carbocycles. The molecule has 0 aromatic carbocycles. The van der Waals surface area contributed by atoms with Gasteiger partial charge in [-0.25, -0.2) is 0 Å². The van der Waals surface area contributed by atoms with Crippen LogP contribution in [0.1, 0.15) is 6.42 Å². The van der Waals surface area contributed by atoms with Crippen LogP contribution in [0.4, 0.5) is 13.2 Å². The van der Waals surface area contributed by atoms with E-state index in [9.17, 15) is 13.2 Å². The summed E-state index contributed by atoms with van der Waals surface area (Å²) in [5.41, 5.74) is 0. The van der Waals surface area contributed by atoms with Crippen LogP contribution in [-0.2, 0) is 14.2 Å². The molecule has 0 bridgehead atoms. The molecule has 102 valence electrons. The predicted molar refractivity (Wildman–Crippen MR) is 54.9 cm³/mol. The van der Waals surface area contributed by atoms with Gasteiger partial charge in [0, 0.05) is 13.2 Å². The standard InChI is InChI=1S/C10H18F3NO3/c11-10(12,13)8-16-3-1-2-14-6-9-7-15-4-5-17-9/h9,14H,1-8H2. The average Bonchev–Trinajstić information content (AvgIpc) is 2.28. The van der Waals surface area contributed by atoms with E-state index in [0.29, 0.717) is 39.3 Å². The third kappa shape index (κ3) is 8.37. The van der Waals surface area contributed by atoms with Crippen molar-refractivity contribution in [3.8, 4) is 0 Å². The Bertz CT molecular complexity index is 196. The van der Waals surface area contributed by atoms with Crippen LogP contribution < -0.4 is 5.32 Å². The Labute approximate surface area is 98.4 Å². The molecule has 1 atom stereocenters.